The van der Waals surface area contributed by atoms with E-state index >= 15 is 0 Å². The zero-order valence-corrected chi connectivity index (χ0v) is 16.9. The van der Waals surface area contributed by atoms with Gasteiger partial charge in [-0.3, -0.25) is 4.99 Å². The number of rotatable bonds is 5. The molecule has 1 unspecified atom stereocenters. The number of ether oxygens (including phenoxy) is 4. The summed E-state index contributed by atoms with van der Waals surface area (Å²) < 4.78 is 22.1. The molecule has 2 saturated heterocycles. The van der Waals surface area contributed by atoms with Gasteiger partial charge in [0.25, 0.3) is 0 Å². The van der Waals surface area contributed by atoms with Crippen molar-refractivity contribution in [3.05, 3.63) is 23.8 Å². The standard InChI is InChI=1S/C21H31N3O4/c1-22-20(24-8-5-16(12-24)13-25-2)23-14-21(6-9-26-10-7-21)17-3-4-18-19(11-17)28-15-27-18/h3-4,11,16H,5-10,12-15H2,1-2H3,(H,22,23). The maximum absolute atomic E-state index is 5.67. The summed E-state index contributed by atoms with van der Waals surface area (Å²) >= 11 is 0. The van der Waals surface area contributed by atoms with Crippen molar-refractivity contribution in [2.45, 2.75) is 24.7 Å². The van der Waals surface area contributed by atoms with Crippen molar-refractivity contribution in [3.8, 4) is 11.5 Å². The lowest BCUT2D eigenvalue weighted by molar-refractivity contribution is 0.0511. The quantitative estimate of drug-likeness (QED) is 0.614. The third-order valence-corrected chi connectivity index (χ3v) is 6.22. The van der Waals surface area contributed by atoms with E-state index in [1.54, 1.807) is 7.11 Å². The Morgan fingerprint density at radius 3 is 2.89 bits per heavy atom. The summed E-state index contributed by atoms with van der Waals surface area (Å²) in [6.45, 7) is 5.50. The molecule has 0 aromatic heterocycles. The zero-order valence-electron chi connectivity index (χ0n) is 16.9. The number of aliphatic imine (C=N–C) groups is 1. The van der Waals surface area contributed by atoms with Crippen LogP contribution >= 0.6 is 0 Å². The van der Waals surface area contributed by atoms with Crippen molar-refractivity contribution in [1.29, 1.82) is 0 Å². The molecule has 1 N–H and O–H groups in total. The number of hydrogen-bond donors (Lipinski definition) is 1. The number of guanidine groups is 1. The van der Waals surface area contributed by atoms with Gasteiger partial charge in [-0.25, -0.2) is 0 Å². The monoisotopic (exact) mass is 389 g/mol. The average molecular weight is 389 g/mol. The predicted molar refractivity (Wildman–Crippen MR) is 107 cm³/mol. The second-order valence-electron chi connectivity index (χ2n) is 7.92. The van der Waals surface area contributed by atoms with E-state index in [-0.39, 0.29) is 5.41 Å². The van der Waals surface area contributed by atoms with E-state index in [1.807, 2.05) is 13.1 Å². The highest BCUT2D eigenvalue weighted by molar-refractivity contribution is 5.80. The Morgan fingerprint density at radius 1 is 1.29 bits per heavy atom. The number of fused-ring (bicyclic) bond motifs is 1. The first-order valence-electron chi connectivity index (χ1n) is 10.2. The molecule has 2 fully saturated rings. The highest BCUT2D eigenvalue weighted by atomic mass is 16.7. The summed E-state index contributed by atoms with van der Waals surface area (Å²) in [5, 5.41) is 3.66. The fraction of sp³-hybridized carbons (Fsp3) is 0.667. The lowest BCUT2D eigenvalue weighted by atomic mass is 9.74. The highest BCUT2D eigenvalue weighted by Crippen LogP contribution is 2.40. The van der Waals surface area contributed by atoms with Crippen LogP contribution in [0.25, 0.3) is 0 Å². The first kappa shape index (κ1) is 19.3. The van der Waals surface area contributed by atoms with E-state index in [2.05, 4.69) is 27.3 Å². The van der Waals surface area contributed by atoms with Crippen LogP contribution in [0.4, 0.5) is 0 Å². The highest BCUT2D eigenvalue weighted by Gasteiger charge is 2.36. The molecule has 1 atom stereocenters. The van der Waals surface area contributed by atoms with Crippen molar-refractivity contribution in [2.24, 2.45) is 10.9 Å². The molecule has 0 aliphatic carbocycles. The van der Waals surface area contributed by atoms with Crippen LogP contribution in [0.5, 0.6) is 11.5 Å². The topological polar surface area (TPSA) is 64.6 Å². The SMILES string of the molecule is CN=C(NCC1(c2ccc3c(c2)OCO3)CCOCC1)N1CCC(COC)C1. The fourth-order valence-corrected chi connectivity index (χ4v) is 4.53. The predicted octanol–water partition coefficient (Wildman–Crippen LogP) is 2.01. The van der Waals surface area contributed by atoms with E-state index in [1.165, 1.54) is 5.56 Å². The van der Waals surface area contributed by atoms with Crippen LogP contribution in [0.2, 0.25) is 0 Å². The third kappa shape index (κ3) is 3.91. The molecule has 0 saturated carbocycles. The average Bonchev–Trinajstić information content (AvgIpc) is 3.38. The van der Waals surface area contributed by atoms with Crippen LogP contribution in [0, 0.1) is 5.92 Å². The molecule has 7 heteroatoms. The van der Waals surface area contributed by atoms with E-state index < -0.39 is 0 Å². The number of methoxy groups -OCH3 is 1. The molecule has 3 heterocycles. The van der Waals surface area contributed by atoms with Gasteiger partial charge in [-0.15, -0.1) is 0 Å². The normalized spacial score (nSPS) is 23.9. The Kier molecular flexibility index (Phi) is 5.92. The van der Waals surface area contributed by atoms with Gasteiger partial charge in [-0.1, -0.05) is 6.07 Å². The van der Waals surface area contributed by atoms with Crippen molar-refractivity contribution < 1.29 is 18.9 Å². The van der Waals surface area contributed by atoms with Crippen LogP contribution in [0.1, 0.15) is 24.8 Å². The molecule has 0 radical (unpaired) electrons. The number of likely N-dealkylation sites (tertiary alicyclic amines) is 1. The van der Waals surface area contributed by atoms with Gasteiger partial charge in [0.2, 0.25) is 6.79 Å². The van der Waals surface area contributed by atoms with Crippen LogP contribution in [0.15, 0.2) is 23.2 Å². The Hall–Kier alpha value is -1.99. The second kappa shape index (κ2) is 8.57. The molecule has 3 aliphatic rings. The smallest absolute Gasteiger partial charge is 0.231 e. The van der Waals surface area contributed by atoms with E-state index in [0.717, 1.165) is 76.2 Å². The summed E-state index contributed by atoms with van der Waals surface area (Å²) in [6, 6.07) is 6.34. The van der Waals surface area contributed by atoms with Crippen molar-refractivity contribution in [3.63, 3.8) is 0 Å². The van der Waals surface area contributed by atoms with Crippen molar-refractivity contribution >= 4 is 5.96 Å². The number of nitrogens with zero attached hydrogens (tertiary/aromatic N) is 2. The largest absolute Gasteiger partial charge is 0.454 e. The maximum Gasteiger partial charge on any atom is 0.231 e. The molecule has 4 rings (SSSR count). The minimum absolute atomic E-state index is 0.000819. The van der Waals surface area contributed by atoms with Crippen LogP contribution < -0.4 is 14.8 Å². The molecule has 154 valence electrons. The number of nitrogens with one attached hydrogen (secondary N) is 1. The van der Waals surface area contributed by atoms with Crippen molar-refractivity contribution in [1.82, 2.24) is 10.2 Å². The first-order valence-corrected chi connectivity index (χ1v) is 10.2. The van der Waals surface area contributed by atoms with Gasteiger partial charge in [0.05, 0.1) is 6.61 Å². The molecule has 0 spiro atoms. The van der Waals surface area contributed by atoms with Gasteiger partial charge in [0.15, 0.2) is 17.5 Å². The summed E-state index contributed by atoms with van der Waals surface area (Å²) in [4.78, 5) is 6.89. The summed E-state index contributed by atoms with van der Waals surface area (Å²) in [6.07, 6.45) is 3.10. The summed E-state index contributed by atoms with van der Waals surface area (Å²) in [5.41, 5.74) is 1.28. The van der Waals surface area contributed by atoms with E-state index in [0.29, 0.717) is 12.7 Å². The summed E-state index contributed by atoms with van der Waals surface area (Å²) in [7, 11) is 3.64. The van der Waals surface area contributed by atoms with Gasteiger partial charge >= 0.3 is 0 Å². The molecule has 1 aromatic rings. The first-order chi connectivity index (χ1) is 13.7. The Morgan fingerprint density at radius 2 is 2.11 bits per heavy atom. The molecule has 7 nitrogen and oxygen atoms in total. The fourth-order valence-electron chi connectivity index (χ4n) is 4.53. The van der Waals surface area contributed by atoms with Gasteiger partial charge in [-0.05, 0) is 37.0 Å². The molecule has 0 amide bonds. The zero-order chi connectivity index (χ0) is 19.4. The maximum atomic E-state index is 5.67. The third-order valence-electron chi connectivity index (χ3n) is 6.22. The van der Waals surface area contributed by atoms with Gasteiger partial charge in [0, 0.05) is 58.3 Å². The second-order valence-corrected chi connectivity index (χ2v) is 7.92. The van der Waals surface area contributed by atoms with Crippen molar-refractivity contribution in [2.75, 3.05) is 60.4 Å². The molecule has 1 aromatic carbocycles. The van der Waals surface area contributed by atoms with Crippen LogP contribution in [-0.2, 0) is 14.9 Å². The minimum Gasteiger partial charge on any atom is -0.454 e. The lowest BCUT2D eigenvalue weighted by Gasteiger charge is -2.39. The molecule has 0 bridgehead atoms. The van der Waals surface area contributed by atoms with E-state index in [9.17, 15) is 0 Å². The Balaban J connectivity index is 1.48. The Bertz CT molecular complexity index is 703. The lowest BCUT2D eigenvalue weighted by Crippen LogP contribution is -2.49. The van der Waals surface area contributed by atoms with Gasteiger partial charge in [0.1, 0.15) is 0 Å². The Labute approximate surface area is 167 Å². The number of benzene rings is 1. The van der Waals surface area contributed by atoms with Gasteiger partial charge < -0.3 is 29.2 Å². The summed E-state index contributed by atoms with van der Waals surface area (Å²) in [5.74, 6) is 3.23. The number of hydrogen-bond acceptors (Lipinski definition) is 5. The van der Waals surface area contributed by atoms with E-state index in [4.69, 9.17) is 18.9 Å². The van der Waals surface area contributed by atoms with Crippen LogP contribution in [-0.4, -0.2) is 71.3 Å². The van der Waals surface area contributed by atoms with Crippen LogP contribution in [0.3, 0.4) is 0 Å². The minimum atomic E-state index is 0.000819. The molecule has 28 heavy (non-hydrogen) atoms. The molecular weight excluding hydrogens is 358 g/mol. The molecule has 3 aliphatic heterocycles. The van der Waals surface area contributed by atoms with Gasteiger partial charge in [-0.2, -0.15) is 0 Å². The molecular formula is C21H31N3O4.